The van der Waals surface area contributed by atoms with E-state index in [4.69, 9.17) is 0 Å². The lowest BCUT2D eigenvalue weighted by molar-refractivity contribution is 0.426. The molecule has 0 aliphatic carbocycles. The van der Waals surface area contributed by atoms with Crippen LogP contribution in [0, 0.1) is 0 Å². The van der Waals surface area contributed by atoms with E-state index in [0.29, 0.717) is 5.46 Å². The number of thioether (sulfide) groups is 1. The molecular formula is C13H13BO2S. The van der Waals surface area contributed by atoms with Crippen LogP contribution in [0.2, 0.25) is 0 Å². The number of rotatable bonds is 3. The fourth-order valence-electron chi connectivity index (χ4n) is 1.76. The monoisotopic (exact) mass is 244 g/mol. The molecule has 0 fully saturated rings. The standard InChI is InChI=1S/C13H13BO2S/c1-17-11-8-6-10(7-9-11)12-4-2-3-5-13(12)14(15)16/h2-9,15-16H,1H3. The van der Waals surface area contributed by atoms with E-state index >= 15 is 0 Å². The van der Waals surface area contributed by atoms with Crippen molar-refractivity contribution in [2.45, 2.75) is 4.90 Å². The second kappa shape index (κ2) is 5.40. The van der Waals surface area contributed by atoms with Crippen molar-refractivity contribution in [3.63, 3.8) is 0 Å². The lowest BCUT2D eigenvalue weighted by atomic mass is 9.75. The van der Waals surface area contributed by atoms with Crippen molar-refractivity contribution in [1.29, 1.82) is 0 Å². The summed E-state index contributed by atoms with van der Waals surface area (Å²) in [5.41, 5.74) is 2.38. The fraction of sp³-hybridized carbons (Fsp3) is 0.0769. The van der Waals surface area contributed by atoms with Crippen molar-refractivity contribution in [3.8, 4) is 11.1 Å². The Morgan fingerprint density at radius 1 is 0.941 bits per heavy atom. The summed E-state index contributed by atoms with van der Waals surface area (Å²) < 4.78 is 0. The zero-order valence-electron chi connectivity index (χ0n) is 9.50. The van der Waals surface area contributed by atoms with Gasteiger partial charge in [-0.15, -0.1) is 11.8 Å². The highest BCUT2D eigenvalue weighted by Gasteiger charge is 2.15. The van der Waals surface area contributed by atoms with E-state index < -0.39 is 7.12 Å². The number of hydrogen-bond acceptors (Lipinski definition) is 3. The van der Waals surface area contributed by atoms with Crippen LogP contribution in [0.1, 0.15) is 0 Å². The lowest BCUT2D eigenvalue weighted by Gasteiger charge is -2.09. The van der Waals surface area contributed by atoms with Crippen LogP contribution >= 0.6 is 11.8 Å². The Morgan fingerprint density at radius 3 is 2.18 bits per heavy atom. The van der Waals surface area contributed by atoms with Crippen molar-refractivity contribution in [2.24, 2.45) is 0 Å². The molecule has 2 N–H and O–H groups in total. The smallest absolute Gasteiger partial charge is 0.423 e. The molecule has 0 aliphatic rings. The molecule has 4 heteroatoms. The maximum Gasteiger partial charge on any atom is 0.489 e. The molecule has 0 bridgehead atoms. The average molecular weight is 244 g/mol. The molecule has 0 radical (unpaired) electrons. The van der Waals surface area contributed by atoms with E-state index in [-0.39, 0.29) is 0 Å². The quantitative estimate of drug-likeness (QED) is 0.638. The molecule has 2 rings (SSSR count). The van der Waals surface area contributed by atoms with E-state index in [9.17, 15) is 10.0 Å². The second-order valence-electron chi connectivity index (χ2n) is 3.69. The summed E-state index contributed by atoms with van der Waals surface area (Å²) in [5.74, 6) is 0. The number of benzene rings is 2. The van der Waals surface area contributed by atoms with Gasteiger partial charge in [0.25, 0.3) is 0 Å². The molecule has 0 saturated carbocycles. The van der Waals surface area contributed by atoms with Crippen LogP contribution in [0.4, 0.5) is 0 Å². The predicted octanol–water partition coefficient (Wildman–Crippen LogP) is 1.76. The van der Waals surface area contributed by atoms with Gasteiger partial charge >= 0.3 is 7.12 Å². The third kappa shape index (κ3) is 2.72. The van der Waals surface area contributed by atoms with Gasteiger partial charge in [0.1, 0.15) is 0 Å². The van der Waals surface area contributed by atoms with Gasteiger partial charge in [-0.1, -0.05) is 36.4 Å². The van der Waals surface area contributed by atoms with Gasteiger partial charge in [-0.2, -0.15) is 0 Å². The van der Waals surface area contributed by atoms with Crippen LogP contribution in [-0.2, 0) is 0 Å². The maximum absolute atomic E-state index is 9.32. The van der Waals surface area contributed by atoms with Crippen molar-refractivity contribution >= 4 is 24.3 Å². The first kappa shape index (κ1) is 12.2. The molecule has 0 atom stereocenters. The molecule has 0 unspecified atom stereocenters. The van der Waals surface area contributed by atoms with E-state index in [1.54, 1.807) is 23.9 Å². The average Bonchev–Trinajstić information content (AvgIpc) is 2.39. The molecule has 0 heterocycles. The maximum atomic E-state index is 9.32. The molecule has 86 valence electrons. The Kier molecular flexibility index (Phi) is 3.89. The molecule has 17 heavy (non-hydrogen) atoms. The number of hydrogen-bond donors (Lipinski definition) is 2. The van der Waals surface area contributed by atoms with Crippen LogP contribution in [0.5, 0.6) is 0 Å². The molecule has 2 nitrogen and oxygen atoms in total. The van der Waals surface area contributed by atoms with Gasteiger partial charge in [0.15, 0.2) is 0 Å². The van der Waals surface area contributed by atoms with Crippen molar-refractivity contribution in [2.75, 3.05) is 6.26 Å². The molecule has 0 amide bonds. The van der Waals surface area contributed by atoms with Crippen LogP contribution in [0.3, 0.4) is 0 Å². The highest BCUT2D eigenvalue weighted by Crippen LogP contribution is 2.21. The summed E-state index contributed by atoms with van der Waals surface area (Å²) in [5, 5.41) is 18.6. The van der Waals surface area contributed by atoms with Crippen LogP contribution in [0.15, 0.2) is 53.4 Å². The molecule has 0 spiro atoms. The first-order valence-electron chi connectivity index (χ1n) is 5.32. The minimum atomic E-state index is -1.44. The summed E-state index contributed by atoms with van der Waals surface area (Å²) in [4.78, 5) is 1.19. The minimum Gasteiger partial charge on any atom is -0.423 e. The molecule has 0 aromatic heterocycles. The van der Waals surface area contributed by atoms with Crippen molar-refractivity contribution in [3.05, 3.63) is 48.5 Å². The summed E-state index contributed by atoms with van der Waals surface area (Å²) in [6.07, 6.45) is 2.03. The van der Waals surface area contributed by atoms with Crippen LogP contribution in [-0.4, -0.2) is 23.4 Å². The lowest BCUT2D eigenvalue weighted by Crippen LogP contribution is -2.31. The van der Waals surface area contributed by atoms with Crippen LogP contribution < -0.4 is 5.46 Å². The normalized spacial score (nSPS) is 10.3. The topological polar surface area (TPSA) is 40.5 Å². The Labute approximate surface area is 105 Å². The third-order valence-electron chi connectivity index (χ3n) is 2.64. The molecule has 2 aromatic rings. The molecule has 2 aromatic carbocycles. The van der Waals surface area contributed by atoms with Gasteiger partial charge in [0.2, 0.25) is 0 Å². The summed E-state index contributed by atoms with van der Waals surface area (Å²) in [6, 6.07) is 15.4. The first-order chi connectivity index (χ1) is 8.22. The van der Waals surface area contributed by atoms with E-state index in [1.165, 1.54) is 4.90 Å². The van der Waals surface area contributed by atoms with Gasteiger partial charge in [-0.3, -0.25) is 0 Å². The summed E-state index contributed by atoms with van der Waals surface area (Å²) in [6.45, 7) is 0. The van der Waals surface area contributed by atoms with Crippen molar-refractivity contribution < 1.29 is 10.0 Å². The van der Waals surface area contributed by atoms with Gasteiger partial charge in [0.05, 0.1) is 0 Å². The Balaban J connectivity index is 2.45. The molecule has 0 saturated heterocycles. The Hall–Kier alpha value is -1.23. The Bertz CT molecular complexity index is 497. The zero-order chi connectivity index (χ0) is 12.3. The molecule has 0 aliphatic heterocycles. The second-order valence-corrected chi connectivity index (χ2v) is 4.57. The van der Waals surface area contributed by atoms with Crippen LogP contribution in [0.25, 0.3) is 11.1 Å². The van der Waals surface area contributed by atoms with E-state index in [0.717, 1.165) is 11.1 Å². The predicted molar refractivity (Wildman–Crippen MR) is 73.5 cm³/mol. The third-order valence-corrected chi connectivity index (χ3v) is 3.38. The van der Waals surface area contributed by atoms with Gasteiger partial charge in [-0.05, 0) is 35.0 Å². The van der Waals surface area contributed by atoms with Gasteiger partial charge < -0.3 is 10.0 Å². The van der Waals surface area contributed by atoms with Gasteiger partial charge in [0, 0.05) is 4.90 Å². The highest BCUT2D eigenvalue weighted by atomic mass is 32.2. The van der Waals surface area contributed by atoms with E-state index in [1.807, 2.05) is 42.7 Å². The minimum absolute atomic E-state index is 0.532. The SMILES string of the molecule is CSc1ccc(-c2ccccc2B(O)O)cc1. The first-order valence-corrected chi connectivity index (χ1v) is 6.54. The molecular weight excluding hydrogens is 231 g/mol. The Morgan fingerprint density at radius 2 is 1.59 bits per heavy atom. The fourth-order valence-corrected chi connectivity index (χ4v) is 2.16. The largest absolute Gasteiger partial charge is 0.489 e. The van der Waals surface area contributed by atoms with E-state index in [2.05, 4.69) is 0 Å². The summed E-state index contributed by atoms with van der Waals surface area (Å²) >= 11 is 1.68. The highest BCUT2D eigenvalue weighted by molar-refractivity contribution is 7.98. The summed E-state index contributed by atoms with van der Waals surface area (Å²) in [7, 11) is -1.44. The van der Waals surface area contributed by atoms with Gasteiger partial charge in [-0.25, -0.2) is 0 Å². The van der Waals surface area contributed by atoms with Crippen molar-refractivity contribution in [1.82, 2.24) is 0 Å². The zero-order valence-corrected chi connectivity index (χ0v) is 10.3.